The van der Waals surface area contributed by atoms with Crippen LogP contribution in [0.2, 0.25) is 5.15 Å². The third kappa shape index (κ3) is 2.89. The fraction of sp³-hybridized carbons (Fsp3) is 0.0625. The number of primary amides is 1. The molecule has 2 aromatic heterocycles. The summed E-state index contributed by atoms with van der Waals surface area (Å²) in [6.07, 6.45) is 1.33. The lowest BCUT2D eigenvalue weighted by Crippen LogP contribution is -2.17. The van der Waals surface area contributed by atoms with Crippen LogP contribution in [0.1, 0.15) is 20.9 Å². The Morgan fingerprint density at radius 2 is 2.08 bits per heavy atom. The molecule has 0 aliphatic rings. The number of fused-ring (bicyclic) bond motifs is 1. The standard InChI is InChI=1S/C16H12ClN3O4/c1-23-9-3-4-10-11(6-9)24-14(15(18)21)13(10)20-16(22)8-2-5-12(17)19-7-8/h2-7H,1H3,(H2,18,21)(H,20,22). The zero-order valence-electron chi connectivity index (χ0n) is 12.5. The topological polar surface area (TPSA) is 107 Å². The van der Waals surface area contributed by atoms with E-state index < -0.39 is 11.8 Å². The Bertz CT molecular complexity index is 934. The van der Waals surface area contributed by atoms with Crippen molar-refractivity contribution in [2.75, 3.05) is 12.4 Å². The number of furan rings is 1. The maximum absolute atomic E-state index is 12.4. The van der Waals surface area contributed by atoms with Crippen molar-refractivity contribution in [3.05, 3.63) is 53.0 Å². The molecule has 0 bridgehead atoms. The van der Waals surface area contributed by atoms with E-state index in [0.29, 0.717) is 16.7 Å². The van der Waals surface area contributed by atoms with Gasteiger partial charge in [0.2, 0.25) is 5.76 Å². The molecule has 0 radical (unpaired) electrons. The summed E-state index contributed by atoms with van der Waals surface area (Å²) in [4.78, 5) is 27.8. The van der Waals surface area contributed by atoms with Gasteiger partial charge in [0, 0.05) is 17.6 Å². The Labute approximate surface area is 141 Å². The van der Waals surface area contributed by atoms with Crippen LogP contribution in [0.25, 0.3) is 11.0 Å². The number of nitrogens with one attached hydrogen (secondary N) is 1. The molecule has 0 atom stereocenters. The molecule has 3 aromatic rings. The first-order chi connectivity index (χ1) is 11.5. The van der Waals surface area contributed by atoms with Gasteiger partial charge in [0.15, 0.2) is 0 Å². The van der Waals surface area contributed by atoms with Gasteiger partial charge in [-0.3, -0.25) is 9.59 Å². The normalized spacial score (nSPS) is 10.6. The summed E-state index contributed by atoms with van der Waals surface area (Å²) in [6, 6.07) is 7.95. The number of nitrogens with two attached hydrogens (primary N) is 1. The molecule has 24 heavy (non-hydrogen) atoms. The highest BCUT2D eigenvalue weighted by atomic mass is 35.5. The largest absolute Gasteiger partial charge is 0.497 e. The number of aromatic nitrogens is 1. The Morgan fingerprint density at radius 3 is 2.71 bits per heavy atom. The van der Waals surface area contributed by atoms with Gasteiger partial charge in [-0.25, -0.2) is 4.98 Å². The number of anilines is 1. The van der Waals surface area contributed by atoms with Crippen molar-refractivity contribution in [2.24, 2.45) is 5.73 Å². The van der Waals surface area contributed by atoms with Crippen LogP contribution < -0.4 is 15.8 Å². The van der Waals surface area contributed by atoms with Crippen molar-refractivity contribution < 1.29 is 18.7 Å². The Balaban J connectivity index is 2.03. The smallest absolute Gasteiger partial charge is 0.286 e. The molecule has 0 unspecified atom stereocenters. The molecular formula is C16H12ClN3O4. The highest BCUT2D eigenvalue weighted by molar-refractivity contribution is 6.29. The molecule has 0 fully saturated rings. The van der Waals surface area contributed by atoms with Crippen molar-refractivity contribution in [1.29, 1.82) is 0 Å². The minimum atomic E-state index is -0.797. The predicted molar refractivity (Wildman–Crippen MR) is 88.5 cm³/mol. The second-order valence-corrected chi connectivity index (χ2v) is 5.24. The third-order valence-corrected chi connectivity index (χ3v) is 3.57. The number of rotatable bonds is 4. The number of hydrogen-bond donors (Lipinski definition) is 2. The predicted octanol–water partition coefficient (Wildman–Crippen LogP) is 2.84. The highest BCUT2D eigenvalue weighted by Crippen LogP contribution is 2.33. The molecule has 2 amide bonds. The van der Waals surface area contributed by atoms with Crippen LogP contribution in [-0.4, -0.2) is 23.9 Å². The molecule has 3 N–H and O–H groups in total. The van der Waals surface area contributed by atoms with E-state index in [4.69, 9.17) is 26.5 Å². The van der Waals surface area contributed by atoms with Gasteiger partial charge in [-0.1, -0.05) is 11.6 Å². The lowest BCUT2D eigenvalue weighted by molar-refractivity contribution is 0.0977. The third-order valence-electron chi connectivity index (χ3n) is 3.35. The first-order valence-corrected chi connectivity index (χ1v) is 7.20. The molecule has 8 heteroatoms. The molecule has 0 spiro atoms. The van der Waals surface area contributed by atoms with Crippen LogP contribution in [0, 0.1) is 0 Å². The number of pyridine rings is 1. The van der Waals surface area contributed by atoms with Crippen molar-refractivity contribution in [3.63, 3.8) is 0 Å². The summed E-state index contributed by atoms with van der Waals surface area (Å²) in [5.41, 5.74) is 6.18. The van der Waals surface area contributed by atoms with Gasteiger partial charge in [0.1, 0.15) is 22.2 Å². The highest BCUT2D eigenvalue weighted by Gasteiger charge is 2.21. The van der Waals surface area contributed by atoms with E-state index in [1.807, 2.05) is 0 Å². The van der Waals surface area contributed by atoms with Gasteiger partial charge in [-0.15, -0.1) is 0 Å². The van der Waals surface area contributed by atoms with Crippen LogP contribution in [0.15, 0.2) is 40.9 Å². The maximum Gasteiger partial charge on any atom is 0.286 e. The van der Waals surface area contributed by atoms with Crippen LogP contribution in [0.3, 0.4) is 0 Å². The van der Waals surface area contributed by atoms with Crippen LogP contribution in [0.5, 0.6) is 5.75 Å². The lowest BCUT2D eigenvalue weighted by atomic mass is 10.2. The van der Waals surface area contributed by atoms with Crippen LogP contribution in [-0.2, 0) is 0 Å². The first-order valence-electron chi connectivity index (χ1n) is 6.83. The average Bonchev–Trinajstić information content (AvgIpc) is 2.93. The van der Waals surface area contributed by atoms with Crippen molar-refractivity contribution in [1.82, 2.24) is 4.98 Å². The Hall–Kier alpha value is -3.06. The lowest BCUT2D eigenvalue weighted by Gasteiger charge is -2.05. The fourth-order valence-corrected chi connectivity index (χ4v) is 2.31. The average molecular weight is 346 g/mol. The molecule has 3 rings (SSSR count). The second-order valence-electron chi connectivity index (χ2n) is 4.86. The summed E-state index contributed by atoms with van der Waals surface area (Å²) < 4.78 is 10.6. The van der Waals surface area contributed by atoms with Crippen LogP contribution in [0.4, 0.5) is 5.69 Å². The van der Waals surface area contributed by atoms with Gasteiger partial charge in [-0.05, 0) is 24.3 Å². The minimum Gasteiger partial charge on any atom is -0.497 e. The number of carbonyl (C=O) groups is 2. The van der Waals surface area contributed by atoms with Crippen molar-refractivity contribution in [2.45, 2.75) is 0 Å². The van der Waals surface area contributed by atoms with Crippen molar-refractivity contribution in [3.8, 4) is 5.75 Å². The SMILES string of the molecule is COc1ccc2c(NC(=O)c3ccc(Cl)nc3)c(C(N)=O)oc2c1. The zero-order valence-corrected chi connectivity index (χ0v) is 13.3. The zero-order chi connectivity index (χ0) is 17.3. The van der Waals surface area contributed by atoms with Gasteiger partial charge >= 0.3 is 0 Å². The summed E-state index contributed by atoms with van der Waals surface area (Å²) in [7, 11) is 1.51. The number of methoxy groups -OCH3 is 1. The Kier molecular flexibility index (Phi) is 4.09. The Morgan fingerprint density at radius 1 is 1.29 bits per heavy atom. The molecule has 0 aliphatic carbocycles. The van der Waals surface area contributed by atoms with E-state index in [2.05, 4.69) is 10.3 Å². The van der Waals surface area contributed by atoms with E-state index in [1.54, 1.807) is 18.2 Å². The summed E-state index contributed by atoms with van der Waals surface area (Å²) in [6.45, 7) is 0. The summed E-state index contributed by atoms with van der Waals surface area (Å²) >= 11 is 5.70. The van der Waals surface area contributed by atoms with Gasteiger partial charge in [-0.2, -0.15) is 0 Å². The summed E-state index contributed by atoms with van der Waals surface area (Å²) in [5.74, 6) is -0.865. The summed E-state index contributed by atoms with van der Waals surface area (Å²) in [5, 5.41) is 3.43. The number of hydrogen-bond acceptors (Lipinski definition) is 5. The first kappa shape index (κ1) is 15.8. The molecule has 122 valence electrons. The fourth-order valence-electron chi connectivity index (χ4n) is 2.20. The van der Waals surface area contributed by atoms with Crippen LogP contribution >= 0.6 is 11.6 Å². The number of carbonyl (C=O) groups excluding carboxylic acids is 2. The molecule has 0 saturated heterocycles. The maximum atomic E-state index is 12.4. The van der Waals surface area contributed by atoms with E-state index >= 15 is 0 Å². The molecule has 1 aromatic carbocycles. The molecule has 0 aliphatic heterocycles. The van der Waals surface area contributed by atoms with Crippen molar-refractivity contribution >= 4 is 40.1 Å². The molecule has 7 nitrogen and oxygen atoms in total. The number of nitrogens with zero attached hydrogens (tertiary/aromatic N) is 1. The van der Waals surface area contributed by atoms with Gasteiger partial charge < -0.3 is 20.2 Å². The monoisotopic (exact) mass is 345 g/mol. The van der Waals surface area contributed by atoms with Gasteiger partial charge in [0.05, 0.1) is 12.7 Å². The molecule has 0 saturated carbocycles. The molecular weight excluding hydrogens is 334 g/mol. The van der Waals surface area contributed by atoms with E-state index in [1.165, 1.54) is 25.4 Å². The molecule has 2 heterocycles. The number of benzene rings is 1. The second kappa shape index (κ2) is 6.21. The number of ether oxygens (including phenoxy) is 1. The number of halogens is 1. The van der Waals surface area contributed by atoms with E-state index in [9.17, 15) is 9.59 Å². The minimum absolute atomic E-state index is 0.145. The number of amides is 2. The van der Waals surface area contributed by atoms with Gasteiger partial charge in [0.25, 0.3) is 11.8 Å². The quantitative estimate of drug-likeness (QED) is 0.707. The van der Waals surface area contributed by atoms with E-state index in [0.717, 1.165) is 0 Å². The van der Waals surface area contributed by atoms with E-state index in [-0.39, 0.29) is 22.2 Å².